The van der Waals surface area contributed by atoms with Crippen LogP contribution in [0.3, 0.4) is 0 Å². The number of hydrogen-bond donors (Lipinski definition) is 1. The number of carbonyl (C=O) groups is 1. The maximum atomic E-state index is 12.0. The van der Waals surface area contributed by atoms with E-state index in [0.29, 0.717) is 25.5 Å². The van der Waals surface area contributed by atoms with Gasteiger partial charge in [-0.3, -0.25) is 4.79 Å². The van der Waals surface area contributed by atoms with E-state index in [9.17, 15) is 4.79 Å². The van der Waals surface area contributed by atoms with Crippen LogP contribution >= 0.6 is 11.8 Å². The predicted octanol–water partition coefficient (Wildman–Crippen LogP) is 0.738. The molecular weight excluding hydrogens is 226 g/mol. The van der Waals surface area contributed by atoms with Crippen LogP contribution in [0.4, 0.5) is 0 Å². The minimum atomic E-state index is -0.165. The number of amides is 1. The lowest BCUT2D eigenvalue weighted by Gasteiger charge is -2.35. The van der Waals surface area contributed by atoms with Crippen LogP contribution in [0.2, 0.25) is 0 Å². The number of aliphatic hydroxyl groups is 1. The zero-order chi connectivity index (χ0) is 12.2. The van der Waals surface area contributed by atoms with E-state index >= 15 is 0 Å². The Kier molecular flexibility index (Phi) is 5.08. The summed E-state index contributed by atoms with van der Waals surface area (Å²) in [6.45, 7) is 7.86. The first-order chi connectivity index (χ1) is 7.44. The van der Waals surface area contributed by atoms with E-state index in [0.717, 1.165) is 0 Å². The zero-order valence-corrected chi connectivity index (χ0v) is 11.0. The van der Waals surface area contributed by atoms with Gasteiger partial charge in [-0.2, -0.15) is 0 Å². The third-order valence-corrected chi connectivity index (χ3v) is 3.64. The predicted molar refractivity (Wildman–Crippen MR) is 65.6 cm³/mol. The van der Waals surface area contributed by atoms with Crippen molar-refractivity contribution in [2.45, 2.75) is 31.6 Å². The molecule has 4 nitrogen and oxygen atoms in total. The van der Waals surface area contributed by atoms with E-state index in [1.165, 1.54) is 0 Å². The summed E-state index contributed by atoms with van der Waals surface area (Å²) in [6.07, 6.45) is 0. The fraction of sp³-hybridized carbons (Fsp3) is 0.909. The van der Waals surface area contributed by atoms with Crippen LogP contribution < -0.4 is 0 Å². The highest BCUT2D eigenvalue weighted by molar-refractivity contribution is 8.01. The molecule has 1 N–H and O–H groups in total. The van der Waals surface area contributed by atoms with Crippen LogP contribution in [-0.4, -0.2) is 58.8 Å². The highest BCUT2D eigenvalue weighted by Crippen LogP contribution is 2.23. The second kappa shape index (κ2) is 5.89. The molecule has 1 aliphatic rings. The van der Waals surface area contributed by atoms with E-state index in [2.05, 4.69) is 20.8 Å². The van der Waals surface area contributed by atoms with E-state index < -0.39 is 0 Å². The van der Waals surface area contributed by atoms with Crippen molar-refractivity contribution in [3.63, 3.8) is 0 Å². The summed E-state index contributed by atoms with van der Waals surface area (Å²) in [5.41, 5.74) is 0. The van der Waals surface area contributed by atoms with Gasteiger partial charge in [-0.15, -0.1) is 11.8 Å². The summed E-state index contributed by atoms with van der Waals surface area (Å²) in [5, 5.41) is 9.16. The van der Waals surface area contributed by atoms with Gasteiger partial charge in [0.2, 0.25) is 5.91 Å². The number of hydrogen-bond acceptors (Lipinski definition) is 4. The van der Waals surface area contributed by atoms with Gasteiger partial charge >= 0.3 is 0 Å². The lowest BCUT2D eigenvalue weighted by molar-refractivity contribution is -0.138. The molecule has 0 radical (unpaired) electrons. The second-order valence-corrected chi connectivity index (χ2v) is 6.70. The third kappa shape index (κ3) is 4.31. The third-order valence-electron chi connectivity index (χ3n) is 2.39. The van der Waals surface area contributed by atoms with Crippen molar-refractivity contribution in [3.05, 3.63) is 0 Å². The van der Waals surface area contributed by atoms with Crippen molar-refractivity contribution in [1.29, 1.82) is 0 Å². The fourth-order valence-electron chi connectivity index (χ4n) is 1.50. The monoisotopic (exact) mass is 247 g/mol. The molecule has 5 heteroatoms. The zero-order valence-electron chi connectivity index (χ0n) is 10.2. The van der Waals surface area contributed by atoms with Crippen molar-refractivity contribution >= 4 is 17.7 Å². The maximum Gasteiger partial charge on any atom is 0.233 e. The number of morpholine rings is 1. The minimum Gasteiger partial charge on any atom is -0.394 e. The highest BCUT2D eigenvalue weighted by atomic mass is 32.2. The van der Waals surface area contributed by atoms with Crippen LogP contribution in [0.1, 0.15) is 20.8 Å². The van der Waals surface area contributed by atoms with Crippen LogP contribution in [0, 0.1) is 0 Å². The van der Waals surface area contributed by atoms with Gasteiger partial charge in [0, 0.05) is 11.3 Å². The van der Waals surface area contributed by atoms with E-state index in [1.807, 2.05) is 0 Å². The molecule has 0 aliphatic carbocycles. The molecule has 1 amide bonds. The average Bonchev–Trinajstić information content (AvgIpc) is 2.25. The SMILES string of the molecule is CC(C)(C)SCC(=O)N1CCOCC1CO. The Morgan fingerprint density at radius 1 is 1.56 bits per heavy atom. The number of carbonyl (C=O) groups excluding carboxylic acids is 1. The second-order valence-electron chi connectivity index (χ2n) is 4.90. The first-order valence-electron chi connectivity index (χ1n) is 5.56. The first-order valence-corrected chi connectivity index (χ1v) is 6.54. The summed E-state index contributed by atoms with van der Waals surface area (Å²) < 4.78 is 5.33. The van der Waals surface area contributed by atoms with Crippen LogP contribution in [-0.2, 0) is 9.53 Å². The van der Waals surface area contributed by atoms with Crippen molar-refractivity contribution in [3.8, 4) is 0 Å². The molecule has 0 bridgehead atoms. The smallest absolute Gasteiger partial charge is 0.233 e. The van der Waals surface area contributed by atoms with Crippen LogP contribution in [0.15, 0.2) is 0 Å². The lowest BCUT2D eigenvalue weighted by Crippen LogP contribution is -2.51. The number of ether oxygens (including phenoxy) is 1. The summed E-state index contributed by atoms with van der Waals surface area (Å²) in [7, 11) is 0. The average molecular weight is 247 g/mol. The first kappa shape index (κ1) is 13.8. The van der Waals surface area contributed by atoms with Crippen molar-refractivity contribution in [2.24, 2.45) is 0 Å². The molecule has 1 fully saturated rings. The number of aliphatic hydroxyl groups excluding tert-OH is 1. The molecule has 94 valence electrons. The Balaban J connectivity index is 2.45. The Hall–Kier alpha value is -0.260. The van der Waals surface area contributed by atoms with Gasteiger partial charge in [0.25, 0.3) is 0 Å². The van der Waals surface area contributed by atoms with Gasteiger partial charge in [-0.05, 0) is 0 Å². The molecule has 0 saturated carbocycles. The molecule has 1 saturated heterocycles. The molecule has 1 rings (SSSR count). The van der Waals surface area contributed by atoms with Crippen molar-refractivity contribution < 1.29 is 14.6 Å². The molecule has 0 aromatic heterocycles. The molecule has 0 aromatic rings. The maximum absolute atomic E-state index is 12.0. The number of rotatable bonds is 3. The molecule has 1 unspecified atom stereocenters. The molecular formula is C11H21NO3S. The molecule has 1 atom stereocenters. The molecule has 1 heterocycles. The standard InChI is InChI=1S/C11H21NO3S/c1-11(2,3)16-8-10(14)12-4-5-15-7-9(12)6-13/h9,13H,4-8H2,1-3H3. The Morgan fingerprint density at radius 2 is 2.25 bits per heavy atom. The minimum absolute atomic E-state index is 0.0219. The Morgan fingerprint density at radius 3 is 2.81 bits per heavy atom. The largest absolute Gasteiger partial charge is 0.394 e. The van der Waals surface area contributed by atoms with E-state index in [4.69, 9.17) is 9.84 Å². The topological polar surface area (TPSA) is 49.8 Å². The van der Waals surface area contributed by atoms with Gasteiger partial charge in [0.1, 0.15) is 0 Å². The van der Waals surface area contributed by atoms with Crippen molar-refractivity contribution in [2.75, 3.05) is 32.1 Å². The van der Waals surface area contributed by atoms with Crippen LogP contribution in [0.5, 0.6) is 0 Å². The fourth-order valence-corrected chi connectivity index (χ4v) is 2.22. The number of nitrogens with zero attached hydrogens (tertiary/aromatic N) is 1. The molecule has 0 aromatic carbocycles. The van der Waals surface area contributed by atoms with Gasteiger partial charge in [-0.25, -0.2) is 0 Å². The van der Waals surface area contributed by atoms with Gasteiger partial charge in [0.05, 0.1) is 31.6 Å². The molecule has 0 spiro atoms. The number of thioether (sulfide) groups is 1. The molecule has 16 heavy (non-hydrogen) atoms. The van der Waals surface area contributed by atoms with E-state index in [1.54, 1.807) is 16.7 Å². The van der Waals surface area contributed by atoms with Gasteiger partial charge in [0.15, 0.2) is 0 Å². The summed E-state index contributed by atoms with van der Waals surface area (Å²) in [4.78, 5) is 13.7. The normalized spacial score (nSPS) is 22.2. The summed E-state index contributed by atoms with van der Waals surface area (Å²) >= 11 is 1.63. The van der Waals surface area contributed by atoms with Crippen molar-refractivity contribution in [1.82, 2.24) is 4.90 Å². The quantitative estimate of drug-likeness (QED) is 0.799. The highest BCUT2D eigenvalue weighted by Gasteiger charge is 2.27. The molecule has 1 aliphatic heterocycles. The lowest BCUT2D eigenvalue weighted by atomic mass is 10.2. The van der Waals surface area contributed by atoms with Gasteiger partial charge < -0.3 is 14.7 Å². The van der Waals surface area contributed by atoms with Gasteiger partial charge in [-0.1, -0.05) is 20.8 Å². The Labute approximate surface area is 101 Å². The van der Waals surface area contributed by atoms with E-state index in [-0.39, 0.29) is 23.3 Å². The summed E-state index contributed by atoms with van der Waals surface area (Å²) in [5.74, 6) is 0.572. The Bertz CT molecular complexity index is 240. The van der Waals surface area contributed by atoms with Crippen LogP contribution in [0.25, 0.3) is 0 Å². The summed E-state index contributed by atoms with van der Waals surface area (Å²) in [6, 6.07) is -0.165.